The van der Waals surface area contributed by atoms with Gasteiger partial charge in [-0.1, -0.05) is 26.0 Å². The van der Waals surface area contributed by atoms with Gasteiger partial charge in [-0.3, -0.25) is 4.79 Å². The predicted octanol–water partition coefficient (Wildman–Crippen LogP) is 3.80. The molecule has 1 aromatic carbocycles. The minimum absolute atomic E-state index is 0.218. The lowest BCUT2D eigenvalue weighted by Crippen LogP contribution is -2.13. The molecule has 1 aromatic heterocycles. The van der Waals surface area contributed by atoms with E-state index < -0.39 is 0 Å². The zero-order valence-electron chi connectivity index (χ0n) is 13.8. The van der Waals surface area contributed by atoms with Crippen LogP contribution in [0.3, 0.4) is 0 Å². The molecule has 0 aliphatic rings. The van der Waals surface area contributed by atoms with Crippen molar-refractivity contribution in [1.82, 2.24) is 4.98 Å². The summed E-state index contributed by atoms with van der Waals surface area (Å²) in [6.07, 6.45) is 2.74. The molecule has 0 saturated heterocycles. The number of nitrogens with one attached hydrogen (secondary N) is 2. The third kappa shape index (κ3) is 4.98. The lowest BCUT2D eigenvalue weighted by molar-refractivity contribution is 0.102. The molecular formula is C18H23N3O2. The molecule has 0 bridgehead atoms. The lowest BCUT2D eigenvalue weighted by Gasteiger charge is -2.10. The highest BCUT2D eigenvalue weighted by Gasteiger charge is 2.11. The second kappa shape index (κ2) is 8.17. The monoisotopic (exact) mass is 313 g/mol. The SMILES string of the molecule is COc1ccccc1C(=O)Nc1ccc(NCCC(C)C)nc1. The fourth-order valence-corrected chi connectivity index (χ4v) is 2.09. The Morgan fingerprint density at radius 2 is 2.00 bits per heavy atom. The number of benzene rings is 1. The van der Waals surface area contributed by atoms with E-state index in [1.54, 1.807) is 31.5 Å². The third-order valence-corrected chi connectivity index (χ3v) is 3.40. The number of methoxy groups -OCH3 is 1. The summed E-state index contributed by atoms with van der Waals surface area (Å²) in [5, 5.41) is 6.09. The molecule has 1 amide bonds. The summed E-state index contributed by atoms with van der Waals surface area (Å²) >= 11 is 0. The van der Waals surface area contributed by atoms with Gasteiger partial charge in [-0.05, 0) is 36.6 Å². The van der Waals surface area contributed by atoms with Gasteiger partial charge in [-0.2, -0.15) is 0 Å². The van der Waals surface area contributed by atoms with Crippen LogP contribution in [0.1, 0.15) is 30.6 Å². The van der Waals surface area contributed by atoms with Crippen LogP contribution in [0.5, 0.6) is 5.75 Å². The first kappa shape index (κ1) is 16.8. The molecule has 0 unspecified atom stereocenters. The van der Waals surface area contributed by atoms with Crippen molar-refractivity contribution in [2.24, 2.45) is 5.92 Å². The number of rotatable bonds is 7. The number of pyridine rings is 1. The van der Waals surface area contributed by atoms with Crippen molar-refractivity contribution in [1.29, 1.82) is 0 Å². The maximum Gasteiger partial charge on any atom is 0.259 e. The molecule has 2 N–H and O–H groups in total. The fraction of sp³-hybridized carbons (Fsp3) is 0.333. The highest BCUT2D eigenvalue weighted by molar-refractivity contribution is 6.06. The molecule has 0 aliphatic heterocycles. The third-order valence-electron chi connectivity index (χ3n) is 3.40. The van der Waals surface area contributed by atoms with Crippen molar-refractivity contribution in [3.63, 3.8) is 0 Å². The Morgan fingerprint density at radius 3 is 2.65 bits per heavy atom. The minimum Gasteiger partial charge on any atom is -0.496 e. The van der Waals surface area contributed by atoms with Crippen LogP contribution in [-0.2, 0) is 0 Å². The number of nitrogens with zero attached hydrogens (tertiary/aromatic N) is 1. The standard InChI is InChI=1S/C18H23N3O2/c1-13(2)10-11-19-17-9-8-14(12-20-17)21-18(22)15-6-4-5-7-16(15)23-3/h4-9,12-13H,10-11H2,1-3H3,(H,19,20)(H,21,22). The predicted molar refractivity (Wildman–Crippen MR) is 93.1 cm³/mol. The first-order chi connectivity index (χ1) is 11.1. The quantitative estimate of drug-likeness (QED) is 0.816. The van der Waals surface area contributed by atoms with Crippen molar-refractivity contribution < 1.29 is 9.53 Å². The minimum atomic E-state index is -0.218. The Morgan fingerprint density at radius 1 is 1.22 bits per heavy atom. The van der Waals surface area contributed by atoms with Crippen molar-refractivity contribution in [3.05, 3.63) is 48.2 Å². The van der Waals surface area contributed by atoms with Gasteiger partial charge in [0.05, 0.1) is 24.6 Å². The Bertz CT molecular complexity index is 639. The number of hydrogen-bond donors (Lipinski definition) is 2. The summed E-state index contributed by atoms with van der Waals surface area (Å²) < 4.78 is 5.20. The number of anilines is 2. The van der Waals surface area contributed by atoms with Crippen LogP contribution in [0.25, 0.3) is 0 Å². The van der Waals surface area contributed by atoms with Gasteiger partial charge < -0.3 is 15.4 Å². The largest absolute Gasteiger partial charge is 0.496 e. The molecule has 5 heteroatoms. The van der Waals surface area contributed by atoms with E-state index in [1.807, 2.05) is 18.2 Å². The second-order valence-electron chi connectivity index (χ2n) is 5.70. The summed E-state index contributed by atoms with van der Waals surface area (Å²) in [6.45, 7) is 5.26. The molecule has 0 spiro atoms. The number of aromatic nitrogens is 1. The zero-order valence-corrected chi connectivity index (χ0v) is 13.8. The number of carbonyl (C=O) groups excluding carboxylic acids is 1. The van der Waals surface area contributed by atoms with Crippen LogP contribution >= 0.6 is 0 Å². The van der Waals surface area contributed by atoms with Gasteiger partial charge in [0.2, 0.25) is 0 Å². The Kier molecular flexibility index (Phi) is 5.97. The van der Waals surface area contributed by atoms with Gasteiger partial charge in [-0.15, -0.1) is 0 Å². The van der Waals surface area contributed by atoms with Gasteiger partial charge in [0, 0.05) is 6.54 Å². The molecule has 0 aliphatic carbocycles. The van der Waals surface area contributed by atoms with Crippen LogP contribution < -0.4 is 15.4 Å². The van der Waals surface area contributed by atoms with E-state index in [2.05, 4.69) is 29.5 Å². The summed E-state index contributed by atoms with van der Waals surface area (Å²) in [5.41, 5.74) is 1.14. The second-order valence-corrected chi connectivity index (χ2v) is 5.70. The average Bonchev–Trinajstić information content (AvgIpc) is 2.56. The van der Waals surface area contributed by atoms with E-state index in [0.29, 0.717) is 22.9 Å². The topological polar surface area (TPSA) is 63.2 Å². The van der Waals surface area contributed by atoms with Crippen LogP contribution in [0, 0.1) is 5.92 Å². The van der Waals surface area contributed by atoms with E-state index >= 15 is 0 Å². The van der Waals surface area contributed by atoms with Crippen molar-refractivity contribution in [2.45, 2.75) is 20.3 Å². The molecule has 0 radical (unpaired) electrons. The molecule has 0 saturated carbocycles. The summed E-state index contributed by atoms with van der Waals surface area (Å²) in [4.78, 5) is 16.6. The van der Waals surface area contributed by atoms with Crippen molar-refractivity contribution in [2.75, 3.05) is 24.3 Å². The lowest BCUT2D eigenvalue weighted by atomic mass is 10.1. The number of hydrogen-bond acceptors (Lipinski definition) is 4. The van der Waals surface area contributed by atoms with Gasteiger partial charge >= 0.3 is 0 Å². The molecule has 122 valence electrons. The van der Waals surface area contributed by atoms with E-state index in [0.717, 1.165) is 18.8 Å². The highest BCUT2D eigenvalue weighted by atomic mass is 16.5. The van der Waals surface area contributed by atoms with Crippen LogP contribution in [0.2, 0.25) is 0 Å². The zero-order chi connectivity index (χ0) is 16.7. The molecule has 1 heterocycles. The van der Waals surface area contributed by atoms with E-state index in [1.165, 1.54) is 0 Å². The van der Waals surface area contributed by atoms with E-state index in [4.69, 9.17) is 4.74 Å². The van der Waals surface area contributed by atoms with E-state index in [9.17, 15) is 4.79 Å². The first-order valence-electron chi connectivity index (χ1n) is 7.74. The number of carbonyl (C=O) groups is 1. The van der Waals surface area contributed by atoms with Crippen LogP contribution in [0.15, 0.2) is 42.6 Å². The molecule has 0 fully saturated rings. The van der Waals surface area contributed by atoms with Crippen LogP contribution in [0.4, 0.5) is 11.5 Å². The number of ether oxygens (including phenoxy) is 1. The molecule has 23 heavy (non-hydrogen) atoms. The van der Waals surface area contributed by atoms with Crippen LogP contribution in [-0.4, -0.2) is 24.5 Å². The molecule has 5 nitrogen and oxygen atoms in total. The van der Waals surface area contributed by atoms with Crippen molar-refractivity contribution in [3.8, 4) is 5.75 Å². The maximum atomic E-state index is 12.3. The Hall–Kier alpha value is -2.56. The van der Waals surface area contributed by atoms with Gasteiger partial charge in [0.25, 0.3) is 5.91 Å². The molecule has 2 aromatic rings. The van der Waals surface area contributed by atoms with Crippen molar-refractivity contribution >= 4 is 17.4 Å². The fourth-order valence-electron chi connectivity index (χ4n) is 2.09. The average molecular weight is 313 g/mol. The molecule has 2 rings (SSSR count). The van der Waals surface area contributed by atoms with Gasteiger partial charge in [0.1, 0.15) is 11.6 Å². The molecule has 0 atom stereocenters. The number of para-hydroxylation sites is 1. The summed E-state index contributed by atoms with van der Waals surface area (Å²) in [6, 6.07) is 10.8. The van der Waals surface area contributed by atoms with Gasteiger partial charge in [-0.25, -0.2) is 4.98 Å². The Labute approximate surface area is 137 Å². The summed E-state index contributed by atoms with van der Waals surface area (Å²) in [7, 11) is 1.55. The van der Waals surface area contributed by atoms with Gasteiger partial charge in [0.15, 0.2) is 0 Å². The Balaban J connectivity index is 1.96. The maximum absolute atomic E-state index is 12.3. The van der Waals surface area contributed by atoms with E-state index in [-0.39, 0.29) is 5.91 Å². The smallest absolute Gasteiger partial charge is 0.259 e. The molecular weight excluding hydrogens is 290 g/mol. The normalized spacial score (nSPS) is 10.4. The summed E-state index contributed by atoms with van der Waals surface area (Å²) in [5.74, 6) is 1.79. The first-order valence-corrected chi connectivity index (χ1v) is 7.74. The highest BCUT2D eigenvalue weighted by Crippen LogP contribution is 2.19. The number of amides is 1.